The molecule has 0 spiro atoms. The molecule has 1 aromatic rings. The Morgan fingerprint density at radius 3 is 2.71 bits per heavy atom. The van der Waals surface area contributed by atoms with E-state index in [1.165, 1.54) is 6.26 Å². The van der Waals surface area contributed by atoms with Crippen LogP contribution >= 0.6 is 0 Å². The number of hydrazine groups is 1. The zero-order valence-electron chi connectivity index (χ0n) is 10.6. The summed E-state index contributed by atoms with van der Waals surface area (Å²) in [6, 6.07) is 1.79. The van der Waals surface area contributed by atoms with Crippen molar-refractivity contribution in [1.82, 2.24) is 15.2 Å². The van der Waals surface area contributed by atoms with Crippen LogP contribution in [0.5, 0.6) is 0 Å². The van der Waals surface area contributed by atoms with E-state index < -0.39 is 5.91 Å². The van der Waals surface area contributed by atoms with Crippen molar-refractivity contribution in [2.45, 2.75) is 6.54 Å². The average molecular weight is 240 g/mol. The lowest BCUT2D eigenvalue weighted by molar-refractivity contribution is 0.0923. The molecule has 0 atom stereocenters. The van der Waals surface area contributed by atoms with Crippen LogP contribution in [0.4, 0.5) is 0 Å². The van der Waals surface area contributed by atoms with Crippen molar-refractivity contribution in [3.05, 3.63) is 23.7 Å². The average Bonchev–Trinajstić information content (AvgIpc) is 2.73. The summed E-state index contributed by atoms with van der Waals surface area (Å²) < 4.78 is 5.11. The highest BCUT2D eigenvalue weighted by molar-refractivity contribution is 5.92. The molecule has 0 radical (unpaired) electrons. The van der Waals surface area contributed by atoms with Crippen LogP contribution in [0.2, 0.25) is 0 Å². The molecule has 3 N–H and O–H groups in total. The number of furan rings is 1. The molecule has 0 bridgehead atoms. The number of hydrogen-bond donors (Lipinski definition) is 2. The van der Waals surface area contributed by atoms with Gasteiger partial charge < -0.3 is 14.2 Å². The number of nitrogens with one attached hydrogen (secondary N) is 1. The Hall–Kier alpha value is -1.37. The van der Waals surface area contributed by atoms with E-state index in [2.05, 4.69) is 15.2 Å². The largest absolute Gasteiger partial charge is 0.459 e. The summed E-state index contributed by atoms with van der Waals surface area (Å²) in [6.07, 6.45) is 1.50. The molecule has 17 heavy (non-hydrogen) atoms. The van der Waals surface area contributed by atoms with E-state index in [4.69, 9.17) is 10.3 Å². The molecule has 1 amide bonds. The maximum absolute atomic E-state index is 11.4. The van der Waals surface area contributed by atoms with E-state index in [-0.39, 0.29) is 5.76 Å². The minimum absolute atomic E-state index is 0.282. The highest BCUT2D eigenvalue weighted by Gasteiger charge is 2.15. The van der Waals surface area contributed by atoms with Crippen molar-refractivity contribution in [3.8, 4) is 0 Å². The van der Waals surface area contributed by atoms with E-state index in [0.717, 1.165) is 18.7 Å². The standard InChI is InChI=1S/C11H20N4O2/c1-14(2)5-6-15(3)8-9-4-7-17-10(9)11(16)13-12/h4,7H,5-6,8,12H2,1-3H3,(H,13,16). The van der Waals surface area contributed by atoms with E-state index >= 15 is 0 Å². The third-order valence-electron chi connectivity index (χ3n) is 2.45. The summed E-state index contributed by atoms with van der Waals surface area (Å²) in [5.74, 6) is 4.97. The molecule has 0 unspecified atom stereocenters. The molecule has 0 saturated carbocycles. The van der Waals surface area contributed by atoms with Crippen LogP contribution in [-0.4, -0.2) is 49.9 Å². The molecule has 96 valence electrons. The van der Waals surface area contributed by atoms with Gasteiger partial charge in [0.15, 0.2) is 5.76 Å². The lowest BCUT2D eigenvalue weighted by Crippen LogP contribution is -2.32. The lowest BCUT2D eigenvalue weighted by atomic mass is 10.2. The van der Waals surface area contributed by atoms with Crippen LogP contribution in [0, 0.1) is 0 Å². The van der Waals surface area contributed by atoms with Gasteiger partial charge in [0.2, 0.25) is 0 Å². The predicted octanol–water partition coefficient (Wildman–Crippen LogP) is -0.123. The number of likely N-dealkylation sites (N-methyl/N-ethyl adjacent to an activating group) is 2. The van der Waals surface area contributed by atoms with Crippen LogP contribution in [0.15, 0.2) is 16.7 Å². The molecular formula is C11H20N4O2. The smallest absolute Gasteiger partial charge is 0.301 e. The van der Waals surface area contributed by atoms with Gasteiger partial charge in [-0.05, 0) is 27.2 Å². The molecule has 0 aliphatic heterocycles. The van der Waals surface area contributed by atoms with Gasteiger partial charge in [0.1, 0.15) is 0 Å². The fourth-order valence-electron chi connectivity index (χ4n) is 1.47. The topological polar surface area (TPSA) is 74.7 Å². The molecule has 1 aromatic heterocycles. The van der Waals surface area contributed by atoms with E-state index in [1.807, 2.05) is 21.1 Å². The van der Waals surface area contributed by atoms with Gasteiger partial charge in [-0.3, -0.25) is 10.2 Å². The quantitative estimate of drug-likeness (QED) is 0.412. The van der Waals surface area contributed by atoms with E-state index in [1.54, 1.807) is 6.07 Å². The summed E-state index contributed by atoms with van der Waals surface area (Å²) in [4.78, 5) is 15.6. The highest BCUT2D eigenvalue weighted by Crippen LogP contribution is 2.12. The molecule has 0 aliphatic carbocycles. The minimum Gasteiger partial charge on any atom is -0.459 e. The Morgan fingerprint density at radius 2 is 2.12 bits per heavy atom. The summed E-state index contributed by atoms with van der Waals surface area (Å²) in [6.45, 7) is 2.54. The van der Waals surface area contributed by atoms with Crippen molar-refractivity contribution >= 4 is 5.91 Å². The molecule has 6 heteroatoms. The molecular weight excluding hydrogens is 220 g/mol. The first kappa shape index (κ1) is 13.7. The SMILES string of the molecule is CN(C)CCN(C)Cc1ccoc1C(=O)NN. The van der Waals surface area contributed by atoms with E-state index in [9.17, 15) is 4.79 Å². The van der Waals surface area contributed by atoms with Gasteiger partial charge in [-0.25, -0.2) is 5.84 Å². The second kappa shape index (κ2) is 6.39. The van der Waals surface area contributed by atoms with Gasteiger partial charge >= 0.3 is 5.91 Å². The van der Waals surface area contributed by atoms with Crippen molar-refractivity contribution in [2.24, 2.45) is 5.84 Å². The number of nitrogens with zero attached hydrogens (tertiary/aromatic N) is 2. The molecule has 0 aromatic carbocycles. The Kier molecular flexibility index (Phi) is 5.14. The summed E-state index contributed by atoms with van der Waals surface area (Å²) >= 11 is 0. The first-order valence-corrected chi connectivity index (χ1v) is 5.45. The number of amides is 1. The first-order valence-electron chi connectivity index (χ1n) is 5.45. The number of nitrogen functional groups attached to an aromatic ring is 1. The molecule has 0 saturated heterocycles. The maximum atomic E-state index is 11.4. The number of nitrogens with two attached hydrogens (primary N) is 1. The monoisotopic (exact) mass is 240 g/mol. The van der Waals surface area contributed by atoms with E-state index in [0.29, 0.717) is 6.54 Å². The van der Waals surface area contributed by atoms with Gasteiger partial charge in [0, 0.05) is 25.2 Å². The summed E-state index contributed by atoms with van der Waals surface area (Å²) in [5.41, 5.74) is 2.91. The second-order valence-corrected chi connectivity index (χ2v) is 4.29. The van der Waals surface area contributed by atoms with Crippen LogP contribution in [0.25, 0.3) is 0 Å². The summed E-state index contributed by atoms with van der Waals surface area (Å²) in [7, 11) is 6.05. The summed E-state index contributed by atoms with van der Waals surface area (Å²) in [5, 5.41) is 0. The van der Waals surface area contributed by atoms with Gasteiger partial charge in [-0.15, -0.1) is 0 Å². The molecule has 6 nitrogen and oxygen atoms in total. The number of rotatable bonds is 6. The molecule has 1 rings (SSSR count). The van der Waals surface area contributed by atoms with Gasteiger partial charge in [-0.1, -0.05) is 0 Å². The minimum atomic E-state index is -0.397. The first-order chi connectivity index (χ1) is 8.04. The van der Waals surface area contributed by atoms with Crippen molar-refractivity contribution in [2.75, 3.05) is 34.2 Å². The highest BCUT2D eigenvalue weighted by atomic mass is 16.3. The van der Waals surface area contributed by atoms with Gasteiger partial charge in [-0.2, -0.15) is 0 Å². The fraction of sp³-hybridized carbons (Fsp3) is 0.545. The number of carbonyl (C=O) groups excluding carboxylic acids is 1. The zero-order valence-corrected chi connectivity index (χ0v) is 10.6. The Bertz CT molecular complexity index is 362. The third kappa shape index (κ3) is 4.18. The lowest BCUT2D eigenvalue weighted by Gasteiger charge is -2.18. The van der Waals surface area contributed by atoms with Crippen LogP contribution < -0.4 is 11.3 Å². The number of hydrogen-bond acceptors (Lipinski definition) is 5. The number of carbonyl (C=O) groups is 1. The van der Waals surface area contributed by atoms with Gasteiger partial charge in [0.25, 0.3) is 0 Å². The van der Waals surface area contributed by atoms with Crippen LogP contribution in [-0.2, 0) is 6.54 Å². The third-order valence-corrected chi connectivity index (χ3v) is 2.45. The fourth-order valence-corrected chi connectivity index (χ4v) is 1.47. The Balaban J connectivity index is 2.56. The normalized spacial score (nSPS) is 11.2. The molecule has 0 fully saturated rings. The molecule has 0 aliphatic rings. The zero-order chi connectivity index (χ0) is 12.8. The molecule has 1 heterocycles. The van der Waals surface area contributed by atoms with Crippen LogP contribution in [0.3, 0.4) is 0 Å². The van der Waals surface area contributed by atoms with Crippen molar-refractivity contribution in [1.29, 1.82) is 0 Å². The second-order valence-electron chi connectivity index (χ2n) is 4.29. The van der Waals surface area contributed by atoms with Crippen molar-refractivity contribution < 1.29 is 9.21 Å². The Labute approximate surface area is 101 Å². The van der Waals surface area contributed by atoms with Crippen molar-refractivity contribution in [3.63, 3.8) is 0 Å². The van der Waals surface area contributed by atoms with Crippen LogP contribution in [0.1, 0.15) is 16.1 Å². The van der Waals surface area contributed by atoms with Gasteiger partial charge in [0.05, 0.1) is 6.26 Å². The maximum Gasteiger partial charge on any atom is 0.301 e. The predicted molar refractivity (Wildman–Crippen MR) is 65.2 cm³/mol. The Morgan fingerprint density at radius 1 is 1.41 bits per heavy atom.